The number of aliphatic hydroxyl groups excluding tert-OH is 1. The van der Waals surface area contributed by atoms with Crippen LogP contribution < -0.4 is 0 Å². The highest BCUT2D eigenvalue weighted by atomic mass is 16.3. The van der Waals surface area contributed by atoms with Crippen LogP contribution >= 0.6 is 0 Å². The molecule has 1 aliphatic heterocycles. The van der Waals surface area contributed by atoms with E-state index in [9.17, 15) is 0 Å². The highest BCUT2D eigenvalue weighted by Gasteiger charge is 2.18. The number of rotatable bonds is 4. The molecule has 0 spiro atoms. The molecule has 1 aliphatic rings. The first-order valence-corrected chi connectivity index (χ1v) is 8.12. The Morgan fingerprint density at radius 3 is 2.73 bits per heavy atom. The molecule has 0 atom stereocenters. The molecule has 0 fully saturated rings. The summed E-state index contributed by atoms with van der Waals surface area (Å²) in [6.07, 6.45) is 2.38. The van der Waals surface area contributed by atoms with E-state index in [2.05, 4.69) is 48.1 Å². The topological polar surface area (TPSA) is 41.3 Å². The molecule has 0 bridgehead atoms. The number of aryl methyl sites for hydroxylation is 2. The Bertz CT molecular complexity index is 648. The monoisotopic (exact) mass is 299 g/mol. The van der Waals surface area contributed by atoms with Crippen LogP contribution in [0.5, 0.6) is 0 Å². The quantitative estimate of drug-likeness (QED) is 0.943. The van der Waals surface area contributed by atoms with Crippen molar-refractivity contribution in [3.8, 4) is 0 Å². The fourth-order valence-corrected chi connectivity index (χ4v) is 3.40. The van der Waals surface area contributed by atoms with Crippen LogP contribution in [0.4, 0.5) is 0 Å². The van der Waals surface area contributed by atoms with Gasteiger partial charge in [0.1, 0.15) is 0 Å². The maximum Gasteiger partial charge on any atom is 0.0644 e. The van der Waals surface area contributed by atoms with Gasteiger partial charge in [-0.05, 0) is 44.4 Å². The first-order valence-electron chi connectivity index (χ1n) is 8.12. The SMILES string of the molecule is Cc1nn(CCO)c(C)c1CN1CCCc2ccccc2C1. The van der Waals surface area contributed by atoms with Gasteiger partial charge in [-0.1, -0.05) is 24.3 Å². The number of fused-ring (bicyclic) bond motifs is 1. The first kappa shape index (κ1) is 15.3. The van der Waals surface area contributed by atoms with Crippen molar-refractivity contribution in [2.75, 3.05) is 13.2 Å². The minimum absolute atomic E-state index is 0.137. The molecule has 0 amide bonds. The number of hydrogen-bond acceptors (Lipinski definition) is 3. The molecular weight excluding hydrogens is 274 g/mol. The molecule has 4 nitrogen and oxygen atoms in total. The Hall–Kier alpha value is -1.65. The van der Waals surface area contributed by atoms with E-state index in [0.29, 0.717) is 6.54 Å². The van der Waals surface area contributed by atoms with Crippen molar-refractivity contribution in [3.63, 3.8) is 0 Å². The molecular formula is C18H25N3O. The van der Waals surface area contributed by atoms with Crippen LogP contribution in [0.2, 0.25) is 0 Å². The molecule has 0 saturated carbocycles. The molecule has 2 heterocycles. The zero-order valence-electron chi connectivity index (χ0n) is 13.5. The largest absolute Gasteiger partial charge is 0.394 e. The molecule has 118 valence electrons. The molecule has 1 aromatic heterocycles. The van der Waals surface area contributed by atoms with E-state index in [1.54, 1.807) is 0 Å². The summed E-state index contributed by atoms with van der Waals surface area (Å²) in [4.78, 5) is 2.52. The standard InChI is InChI=1S/C18H25N3O/c1-14-18(15(2)21(19-14)10-11-22)13-20-9-5-8-16-6-3-4-7-17(16)12-20/h3-4,6-7,22H,5,8-13H2,1-2H3. The lowest BCUT2D eigenvalue weighted by molar-refractivity contribution is 0.258. The summed E-state index contributed by atoms with van der Waals surface area (Å²) in [7, 11) is 0. The lowest BCUT2D eigenvalue weighted by Gasteiger charge is -2.20. The highest BCUT2D eigenvalue weighted by molar-refractivity contribution is 5.29. The van der Waals surface area contributed by atoms with Gasteiger partial charge < -0.3 is 5.11 Å². The zero-order valence-corrected chi connectivity index (χ0v) is 13.5. The van der Waals surface area contributed by atoms with E-state index < -0.39 is 0 Å². The smallest absolute Gasteiger partial charge is 0.0644 e. The van der Waals surface area contributed by atoms with Crippen molar-refractivity contribution in [1.82, 2.24) is 14.7 Å². The van der Waals surface area contributed by atoms with Gasteiger partial charge in [0.25, 0.3) is 0 Å². The van der Waals surface area contributed by atoms with Gasteiger partial charge in [-0.2, -0.15) is 5.10 Å². The molecule has 2 aromatic rings. The maximum atomic E-state index is 9.14. The second-order valence-corrected chi connectivity index (χ2v) is 6.18. The van der Waals surface area contributed by atoms with Gasteiger partial charge in [-0.25, -0.2) is 0 Å². The van der Waals surface area contributed by atoms with Crippen LogP contribution in [0.1, 0.15) is 34.5 Å². The van der Waals surface area contributed by atoms with Gasteiger partial charge in [0.15, 0.2) is 0 Å². The maximum absolute atomic E-state index is 9.14. The fraction of sp³-hybridized carbons (Fsp3) is 0.500. The van der Waals surface area contributed by atoms with Gasteiger partial charge in [-0.15, -0.1) is 0 Å². The van der Waals surface area contributed by atoms with Crippen molar-refractivity contribution in [1.29, 1.82) is 0 Å². The molecule has 0 saturated heterocycles. The van der Waals surface area contributed by atoms with Crippen LogP contribution in [0.3, 0.4) is 0 Å². The van der Waals surface area contributed by atoms with Crippen molar-refractivity contribution in [3.05, 3.63) is 52.3 Å². The Labute approximate surface area is 132 Å². The van der Waals surface area contributed by atoms with E-state index in [4.69, 9.17) is 5.11 Å². The van der Waals surface area contributed by atoms with Crippen LogP contribution in [0.15, 0.2) is 24.3 Å². The fourth-order valence-electron chi connectivity index (χ4n) is 3.40. The summed E-state index contributed by atoms with van der Waals surface area (Å²) < 4.78 is 1.93. The van der Waals surface area contributed by atoms with Gasteiger partial charge in [-0.3, -0.25) is 9.58 Å². The predicted molar refractivity (Wildman–Crippen MR) is 87.7 cm³/mol. The highest BCUT2D eigenvalue weighted by Crippen LogP contribution is 2.22. The normalized spacial score (nSPS) is 15.6. The van der Waals surface area contributed by atoms with Gasteiger partial charge in [0, 0.05) is 24.3 Å². The Morgan fingerprint density at radius 2 is 1.95 bits per heavy atom. The Kier molecular flexibility index (Phi) is 4.60. The van der Waals surface area contributed by atoms with Crippen molar-refractivity contribution in [2.45, 2.75) is 46.3 Å². The van der Waals surface area contributed by atoms with Crippen molar-refractivity contribution in [2.24, 2.45) is 0 Å². The van der Waals surface area contributed by atoms with Crippen LogP contribution in [-0.2, 0) is 26.1 Å². The molecule has 0 unspecified atom stereocenters. The van der Waals surface area contributed by atoms with Crippen LogP contribution in [-0.4, -0.2) is 32.9 Å². The van der Waals surface area contributed by atoms with Crippen LogP contribution in [0.25, 0.3) is 0 Å². The summed E-state index contributed by atoms with van der Waals surface area (Å²) in [5.41, 5.74) is 6.54. The summed E-state index contributed by atoms with van der Waals surface area (Å²) in [6.45, 7) is 7.98. The summed E-state index contributed by atoms with van der Waals surface area (Å²) >= 11 is 0. The lowest BCUT2D eigenvalue weighted by atomic mass is 10.0. The third kappa shape index (κ3) is 3.08. The number of aliphatic hydroxyl groups is 1. The Balaban J connectivity index is 1.79. The molecule has 0 radical (unpaired) electrons. The van der Waals surface area contributed by atoms with E-state index in [-0.39, 0.29) is 6.61 Å². The minimum Gasteiger partial charge on any atom is -0.394 e. The molecule has 3 rings (SSSR count). The molecule has 1 aromatic carbocycles. The molecule has 1 N–H and O–H groups in total. The summed E-state index contributed by atoms with van der Waals surface area (Å²) in [5.74, 6) is 0. The van der Waals surface area contributed by atoms with Gasteiger partial charge in [0.2, 0.25) is 0 Å². The lowest BCUT2D eigenvalue weighted by Crippen LogP contribution is -2.23. The van der Waals surface area contributed by atoms with E-state index in [1.807, 2.05) is 4.68 Å². The second-order valence-electron chi connectivity index (χ2n) is 6.18. The number of hydrogen-bond donors (Lipinski definition) is 1. The summed E-state index contributed by atoms with van der Waals surface area (Å²) in [6, 6.07) is 8.79. The third-order valence-electron chi connectivity index (χ3n) is 4.66. The number of benzene rings is 1. The minimum atomic E-state index is 0.137. The second kappa shape index (κ2) is 6.63. The van der Waals surface area contributed by atoms with Gasteiger partial charge >= 0.3 is 0 Å². The number of nitrogens with zero attached hydrogens (tertiary/aromatic N) is 3. The number of aromatic nitrogens is 2. The average Bonchev–Trinajstić information content (AvgIpc) is 2.68. The predicted octanol–water partition coefficient (Wildman–Crippen LogP) is 2.44. The van der Waals surface area contributed by atoms with Crippen LogP contribution in [0, 0.1) is 13.8 Å². The van der Waals surface area contributed by atoms with Crippen molar-refractivity contribution < 1.29 is 5.11 Å². The molecule has 4 heteroatoms. The average molecular weight is 299 g/mol. The van der Waals surface area contributed by atoms with E-state index >= 15 is 0 Å². The first-order chi connectivity index (χ1) is 10.7. The van der Waals surface area contributed by atoms with E-state index in [0.717, 1.165) is 25.3 Å². The molecule has 0 aliphatic carbocycles. The Morgan fingerprint density at radius 1 is 1.18 bits per heavy atom. The molecule has 22 heavy (non-hydrogen) atoms. The summed E-state index contributed by atoms with van der Waals surface area (Å²) in [5, 5.41) is 13.7. The third-order valence-corrected chi connectivity index (χ3v) is 4.66. The van der Waals surface area contributed by atoms with Gasteiger partial charge in [0.05, 0.1) is 18.8 Å². The van der Waals surface area contributed by atoms with Crippen molar-refractivity contribution >= 4 is 0 Å². The van der Waals surface area contributed by atoms with E-state index in [1.165, 1.54) is 35.2 Å². The zero-order chi connectivity index (χ0) is 15.5.